The van der Waals surface area contributed by atoms with Crippen molar-refractivity contribution < 1.29 is 13.5 Å². The van der Waals surface area contributed by atoms with Crippen molar-refractivity contribution >= 4 is 9.84 Å². The monoisotopic (exact) mass is 290 g/mol. The summed E-state index contributed by atoms with van der Waals surface area (Å²) >= 11 is 0. The highest BCUT2D eigenvalue weighted by Gasteiger charge is 2.16. The second kappa shape index (κ2) is 5.29. The van der Waals surface area contributed by atoms with E-state index in [0.717, 1.165) is 5.56 Å². The molecule has 0 aliphatic carbocycles. The fraction of sp³-hybridized carbons (Fsp3) is 0.250. The SMILES string of the molecule is Cc1ccc(S(=O)(=O)Cc2cc(C)c(O)c(C)c2)cc1. The molecule has 0 atom stereocenters. The van der Waals surface area contributed by atoms with Gasteiger partial charge < -0.3 is 5.11 Å². The summed E-state index contributed by atoms with van der Waals surface area (Å²) in [6, 6.07) is 10.3. The average Bonchev–Trinajstić information content (AvgIpc) is 2.36. The number of benzene rings is 2. The Morgan fingerprint density at radius 2 is 1.45 bits per heavy atom. The van der Waals surface area contributed by atoms with Crippen LogP contribution in [0, 0.1) is 20.8 Å². The number of hydrogen-bond donors (Lipinski definition) is 1. The van der Waals surface area contributed by atoms with Crippen molar-refractivity contribution in [1.82, 2.24) is 0 Å². The number of aromatic hydroxyl groups is 1. The van der Waals surface area contributed by atoms with E-state index in [1.54, 1.807) is 50.2 Å². The van der Waals surface area contributed by atoms with Gasteiger partial charge in [-0.25, -0.2) is 8.42 Å². The highest BCUT2D eigenvalue weighted by atomic mass is 32.2. The standard InChI is InChI=1S/C16H18O3S/c1-11-4-6-15(7-5-11)20(18,19)10-14-8-12(2)16(17)13(3)9-14/h4-9,17H,10H2,1-3H3. The Morgan fingerprint density at radius 3 is 1.95 bits per heavy atom. The van der Waals surface area contributed by atoms with Gasteiger partial charge in [-0.1, -0.05) is 29.8 Å². The molecule has 4 heteroatoms. The maximum absolute atomic E-state index is 12.4. The molecular formula is C16H18O3S. The van der Waals surface area contributed by atoms with Gasteiger partial charge in [0.2, 0.25) is 0 Å². The second-order valence-corrected chi connectivity index (χ2v) is 7.14. The highest BCUT2D eigenvalue weighted by molar-refractivity contribution is 7.90. The molecule has 1 N–H and O–H groups in total. The lowest BCUT2D eigenvalue weighted by Gasteiger charge is -2.09. The maximum Gasteiger partial charge on any atom is 0.182 e. The third-order valence-corrected chi connectivity index (χ3v) is 4.99. The van der Waals surface area contributed by atoms with Crippen LogP contribution in [-0.4, -0.2) is 13.5 Å². The molecular weight excluding hydrogens is 272 g/mol. The molecule has 0 heterocycles. The molecule has 0 bridgehead atoms. The molecule has 106 valence electrons. The van der Waals surface area contributed by atoms with Gasteiger partial charge in [0.25, 0.3) is 0 Å². The highest BCUT2D eigenvalue weighted by Crippen LogP contribution is 2.25. The molecule has 2 aromatic carbocycles. The van der Waals surface area contributed by atoms with E-state index in [0.29, 0.717) is 21.6 Å². The van der Waals surface area contributed by atoms with Gasteiger partial charge >= 0.3 is 0 Å². The van der Waals surface area contributed by atoms with Crippen molar-refractivity contribution in [2.45, 2.75) is 31.4 Å². The van der Waals surface area contributed by atoms with E-state index in [9.17, 15) is 13.5 Å². The molecule has 0 saturated heterocycles. The van der Waals surface area contributed by atoms with E-state index in [-0.39, 0.29) is 11.5 Å². The summed E-state index contributed by atoms with van der Waals surface area (Å²) in [5.41, 5.74) is 3.11. The lowest BCUT2D eigenvalue weighted by Crippen LogP contribution is -2.05. The zero-order valence-corrected chi connectivity index (χ0v) is 12.7. The summed E-state index contributed by atoms with van der Waals surface area (Å²) in [6.45, 7) is 5.46. The van der Waals surface area contributed by atoms with E-state index in [1.165, 1.54) is 0 Å². The first-order chi connectivity index (χ1) is 9.29. The van der Waals surface area contributed by atoms with Crippen LogP contribution in [-0.2, 0) is 15.6 Å². The van der Waals surface area contributed by atoms with Crippen molar-refractivity contribution in [3.63, 3.8) is 0 Å². The lowest BCUT2D eigenvalue weighted by atomic mass is 10.1. The molecule has 2 aromatic rings. The number of phenolic OH excluding ortho intramolecular Hbond substituents is 1. The Morgan fingerprint density at radius 1 is 0.950 bits per heavy atom. The van der Waals surface area contributed by atoms with Gasteiger partial charge in [0.05, 0.1) is 10.6 Å². The molecule has 3 nitrogen and oxygen atoms in total. The smallest absolute Gasteiger partial charge is 0.182 e. The summed E-state index contributed by atoms with van der Waals surface area (Å²) in [7, 11) is -3.36. The number of sulfone groups is 1. The van der Waals surface area contributed by atoms with Crippen LogP contribution < -0.4 is 0 Å². The van der Waals surface area contributed by atoms with Gasteiger partial charge in [-0.05, 0) is 49.6 Å². The minimum absolute atomic E-state index is 0.0575. The molecule has 0 aromatic heterocycles. The Bertz CT molecular complexity index is 706. The number of rotatable bonds is 3. The summed E-state index contributed by atoms with van der Waals surface area (Å²) in [5.74, 6) is 0.166. The normalized spacial score (nSPS) is 11.6. The van der Waals surface area contributed by atoms with Crippen LogP contribution in [0.5, 0.6) is 5.75 Å². The quantitative estimate of drug-likeness (QED) is 0.943. The van der Waals surface area contributed by atoms with Crippen molar-refractivity contribution in [2.75, 3.05) is 0 Å². The fourth-order valence-corrected chi connectivity index (χ4v) is 3.50. The first-order valence-corrected chi connectivity index (χ1v) is 8.03. The van der Waals surface area contributed by atoms with Gasteiger partial charge in [-0.3, -0.25) is 0 Å². The van der Waals surface area contributed by atoms with Crippen LogP contribution in [0.4, 0.5) is 0 Å². The molecule has 0 unspecified atom stereocenters. The van der Waals surface area contributed by atoms with Crippen LogP contribution in [0.2, 0.25) is 0 Å². The van der Waals surface area contributed by atoms with E-state index in [1.807, 2.05) is 6.92 Å². The Kier molecular flexibility index (Phi) is 3.86. The van der Waals surface area contributed by atoms with Crippen LogP contribution >= 0.6 is 0 Å². The Balaban J connectivity index is 2.36. The predicted molar refractivity (Wildman–Crippen MR) is 79.6 cm³/mol. The average molecular weight is 290 g/mol. The van der Waals surface area contributed by atoms with Gasteiger partial charge in [0.15, 0.2) is 9.84 Å². The predicted octanol–water partition coefficient (Wildman–Crippen LogP) is 3.29. The van der Waals surface area contributed by atoms with Gasteiger partial charge in [-0.2, -0.15) is 0 Å². The zero-order chi connectivity index (χ0) is 14.9. The first kappa shape index (κ1) is 14.6. The van der Waals surface area contributed by atoms with Crippen molar-refractivity contribution in [3.05, 3.63) is 58.7 Å². The summed E-state index contributed by atoms with van der Waals surface area (Å²) < 4.78 is 24.7. The lowest BCUT2D eigenvalue weighted by molar-refractivity contribution is 0.466. The second-order valence-electron chi connectivity index (χ2n) is 5.15. The van der Waals surface area contributed by atoms with Crippen molar-refractivity contribution in [3.8, 4) is 5.75 Å². The summed E-state index contributed by atoms with van der Waals surface area (Å²) in [5, 5.41) is 9.73. The van der Waals surface area contributed by atoms with Crippen LogP contribution in [0.1, 0.15) is 22.3 Å². The van der Waals surface area contributed by atoms with E-state index in [4.69, 9.17) is 0 Å². The first-order valence-electron chi connectivity index (χ1n) is 6.38. The van der Waals surface area contributed by atoms with E-state index >= 15 is 0 Å². The van der Waals surface area contributed by atoms with Gasteiger partial charge in [0, 0.05) is 0 Å². The number of phenols is 1. The largest absolute Gasteiger partial charge is 0.507 e. The number of aryl methyl sites for hydroxylation is 3. The summed E-state index contributed by atoms with van der Waals surface area (Å²) in [4.78, 5) is 0.325. The molecule has 2 rings (SSSR count). The van der Waals surface area contributed by atoms with Crippen LogP contribution in [0.3, 0.4) is 0 Å². The summed E-state index contributed by atoms with van der Waals surface area (Å²) in [6.07, 6.45) is 0. The Labute approximate surface area is 119 Å². The van der Waals surface area contributed by atoms with Crippen LogP contribution in [0.15, 0.2) is 41.3 Å². The van der Waals surface area contributed by atoms with Crippen molar-refractivity contribution in [1.29, 1.82) is 0 Å². The molecule has 0 aliphatic rings. The molecule has 0 saturated carbocycles. The van der Waals surface area contributed by atoms with Gasteiger partial charge in [-0.15, -0.1) is 0 Å². The van der Waals surface area contributed by atoms with Crippen LogP contribution in [0.25, 0.3) is 0 Å². The number of hydrogen-bond acceptors (Lipinski definition) is 3. The fourth-order valence-electron chi connectivity index (χ4n) is 2.18. The molecule has 0 amide bonds. The molecule has 0 aliphatic heterocycles. The van der Waals surface area contributed by atoms with Gasteiger partial charge in [0.1, 0.15) is 5.75 Å². The minimum atomic E-state index is -3.36. The molecule has 0 fully saturated rings. The third-order valence-electron chi connectivity index (χ3n) is 3.29. The third kappa shape index (κ3) is 3.02. The van der Waals surface area contributed by atoms with E-state index in [2.05, 4.69) is 0 Å². The topological polar surface area (TPSA) is 54.4 Å². The maximum atomic E-state index is 12.4. The minimum Gasteiger partial charge on any atom is -0.507 e. The van der Waals surface area contributed by atoms with Crippen molar-refractivity contribution in [2.24, 2.45) is 0 Å². The molecule has 20 heavy (non-hydrogen) atoms. The Hall–Kier alpha value is -1.81. The van der Waals surface area contributed by atoms with E-state index < -0.39 is 9.84 Å². The molecule has 0 radical (unpaired) electrons. The molecule has 0 spiro atoms. The zero-order valence-electron chi connectivity index (χ0n) is 11.8.